The second-order valence-electron chi connectivity index (χ2n) is 7.52. The van der Waals surface area contributed by atoms with Gasteiger partial charge in [0.2, 0.25) is 5.91 Å². The van der Waals surface area contributed by atoms with Crippen LogP contribution in [0, 0.1) is 12.8 Å². The van der Waals surface area contributed by atoms with Gasteiger partial charge < -0.3 is 9.64 Å². The first kappa shape index (κ1) is 18.4. The predicted octanol–water partition coefficient (Wildman–Crippen LogP) is 2.89. The van der Waals surface area contributed by atoms with E-state index in [1.165, 1.54) is 17.7 Å². The normalized spacial score (nSPS) is 20.0. The summed E-state index contributed by atoms with van der Waals surface area (Å²) < 4.78 is 5.42. The standard InChI is InChI=1S/C21H32N2O2/c1-18-5-2-3-6-20(18)7-4-8-21(24)23-11-9-19(10-12-23)17-22-13-15-25-16-14-22/h2-3,5-6,19H,4,7-17H2,1H3. The van der Waals surface area contributed by atoms with E-state index in [0.717, 1.165) is 71.0 Å². The second kappa shape index (κ2) is 9.35. The van der Waals surface area contributed by atoms with Crippen LogP contribution in [-0.4, -0.2) is 61.6 Å². The molecule has 2 heterocycles. The third-order valence-corrected chi connectivity index (χ3v) is 5.69. The first-order valence-electron chi connectivity index (χ1n) is 9.85. The lowest BCUT2D eigenvalue weighted by Gasteiger charge is -2.36. The Morgan fingerprint density at radius 3 is 2.56 bits per heavy atom. The van der Waals surface area contributed by atoms with Crippen molar-refractivity contribution < 1.29 is 9.53 Å². The SMILES string of the molecule is Cc1ccccc1CCCC(=O)N1CCC(CN2CCOCC2)CC1. The smallest absolute Gasteiger partial charge is 0.222 e. The molecule has 25 heavy (non-hydrogen) atoms. The average molecular weight is 344 g/mol. The highest BCUT2D eigenvalue weighted by molar-refractivity contribution is 5.76. The minimum Gasteiger partial charge on any atom is -0.379 e. The Bertz CT molecular complexity index is 547. The first-order chi connectivity index (χ1) is 12.2. The van der Waals surface area contributed by atoms with E-state index in [4.69, 9.17) is 4.74 Å². The molecule has 0 radical (unpaired) electrons. The fourth-order valence-electron chi connectivity index (χ4n) is 3.99. The Balaban J connectivity index is 1.34. The van der Waals surface area contributed by atoms with Gasteiger partial charge in [-0.1, -0.05) is 24.3 Å². The summed E-state index contributed by atoms with van der Waals surface area (Å²) in [5.74, 6) is 1.09. The van der Waals surface area contributed by atoms with Gasteiger partial charge in [0.05, 0.1) is 13.2 Å². The molecule has 0 atom stereocenters. The van der Waals surface area contributed by atoms with Gasteiger partial charge in [-0.15, -0.1) is 0 Å². The van der Waals surface area contributed by atoms with Gasteiger partial charge in [-0.05, 0) is 49.7 Å². The van der Waals surface area contributed by atoms with Gasteiger partial charge in [-0.25, -0.2) is 0 Å². The third-order valence-electron chi connectivity index (χ3n) is 5.69. The van der Waals surface area contributed by atoms with E-state index in [2.05, 4.69) is 41.0 Å². The molecule has 138 valence electrons. The first-order valence-corrected chi connectivity index (χ1v) is 9.85. The van der Waals surface area contributed by atoms with E-state index in [0.29, 0.717) is 12.3 Å². The molecule has 0 saturated carbocycles. The number of likely N-dealkylation sites (tertiary alicyclic amines) is 1. The summed E-state index contributed by atoms with van der Waals surface area (Å²) in [6.45, 7) is 9.10. The highest BCUT2D eigenvalue weighted by atomic mass is 16.5. The van der Waals surface area contributed by atoms with E-state index in [-0.39, 0.29) is 0 Å². The number of carbonyl (C=O) groups excluding carboxylic acids is 1. The van der Waals surface area contributed by atoms with Crippen molar-refractivity contribution >= 4 is 5.91 Å². The van der Waals surface area contributed by atoms with Crippen LogP contribution in [0.1, 0.15) is 36.8 Å². The van der Waals surface area contributed by atoms with Crippen LogP contribution in [0.25, 0.3) is 0 Å². The van der Waals surface area contributed by atoms with Crippen LogP contribution >= 0.6 is 0 Å². The lowest BCUT2D eigenvalue weighted by molar-refractivity contribution is -0.132. The molecule has 4 nitrogen and oxygen atoms in total. The fourth-order valence-corrected chi connectivity index (χ4v) is 3.99. The molecule has 0 aromatic heterocycles. The summed E-state index contributed by atoms with van der Waals surface area (Å²) >= 11 is 0. The summed E-state index contributed by atoms with van der Waals surface area (Å²) in [7, 11) is 0. The van der Waals surface area contributed by atoms with E-state index >= 15 is 0 Å². The summed E-state index contributed by atoms with van der Waals surface area (Å²) in [6.07, 6.45) is 4.95. The number of piperidine rings is 1. The number of amides is 1. The summed E-state index contributed by atoms with van der Waals surface area (Å²) in [4.78, 5) is 17.1. The third kappa shape index (κ3) is 5.55. The van der Waals surface area contributed by atoms with Crippen molar-refractivity contribution in [2.45, 2.75) is 39.0 Å². The van der Waals surface area contributed by atoms with Gasteiger partial charge in [-0.3, -0.25) is 9.69 Å². The lowest BCUT2D eigenvalue weighted by atomic mass is 9.95. The molecule has 0 aliphatic carbocycles. The van der Waals surface area contributed by atoms with Crippen molar-refractivity contribution in [3.05, 3.63) is 35.4 Å². The van der Waals surface area contributed by atoms with Crippen LogP contribution in [0.4, 0.5) is 0 Å². The molecule has 4 heteroatoms. The van der Waals surface area contributed by atoms with E-state index < -0.39 is 0 Å². The highest BCUT2D eigenvalue weighted by Crippen LogP contribution is 2.20. The molecule has 1 aromatic carbocycles. The molecular weight excluding hydrogens is 312 g/mol. The van der Waals surface area contributed by atoms with E-state index in [1.807, 2.05) is 0 Å². The van der Waals surface area contributed by atoms with Crippen molar-refractivity contribution in [1.82, 2.24) is 9.80 Å². The Morgan fingerprint density at radius 1 is 1.12 bits per heavy atom. The van der Waals surface area contributed by atoms with Gasteiger partial charge in [0.1, 0.15) is 0 Å². The monoisotopic (exact) mass is 344 g/mol. The minimum absolute atomic E-state index is 0.346. The van der Waals surface area contributed by atoms with Crippen molar-refractivity contribution in [2.75, 3.05) is 45.9 Å². The van der Waals surface area contributed by atoms with Crippen LogP contribution < -0.4 is 0 Å². The topological polar surface area (TPSA) is 32.8 Å². The minimum atomic E-state index is 0.346. The molecular formula is C21H32N2O2. The van der Waals surface area contributed by atoms with Crippen molar-refractivity contribution in [3.63, 3.8) is 0 Å². The van der Waals surface area contributed by atoms with Crippen molar-refractivity contribution in [1.29, 1.82) is 0 Å². The zero-order valence-corrected chi connectivity index (χ0v) is 15.6. The number of carbonyl (C=O) groups is 1. The van der Waals surface area contributed by atoms with Crippen LogP contribution in [-0.2, 0) is 16.0 Å². The van der Waals surface area contributed by atoms with Gasteiger partial charge in [0.25, 0.3) is 0 Å². The molecule has 1 aromatic rings. The molecule has 3 rings (SSSR count). The van der Waals surface area contributed by atoms with E-state index in [9.17, 15) is 4.79 Å². The van der Waals surface area contributed by atoms with Crippen molar-refractivity contribution in [3.8, 4) is 0 Å². The second-order valence-corrected chi connectivity index (χ2v) is 7.52. The summed E-state index contributed by atoms with van der Waals surface area (Å²) in [6, 6.07) is 8.49. The number of morpholine rings is 1. The lowest BCUT2D eigenvalue weighted by Crippen LogP contribution is -2.44. The molecule has 0 N–H and O–H groups in total. The van der Waals surface area contributed by atoms with Gasteiger partial charge in [0.15, 0.2) is 0 Å². The average Bonchev–Trinajstić information content (AvgIpc) is 2.65. The van der Waals surface area contributed by atoms with Crippen LogP contribution in [0.2, 0.25) is 0 Å². The molecule has 2 aliphatic heterocycles. The zero-order valence-electron chi connectivity index (χ0n) is 15.6. The maximum Gasteiger partial charge on any atom is 0.222 e. The highest BCUT2D eigenvalue weighted by Gasteiger charge is 2.24. The molecule has 0 unspecified atom stereocenters. The Hall–Kier alpha value is -1.39. The number of ether oxygens (including phenoxy) is 1. The number of aryl methyl sites for hydroxylation is 2. The van der Waals surface area contributed by atoms with Crippen molar-refractivity contribution in [2.24, 2.45) is 5.92 Å². The molecule has 2 fully saturated rings. The molecule has 1 amide bonds. The van der Waals surface area contributed by atoms with Gasteiger partial charge in [0, 0.05) is 39.1 Å². The number of benzene rings is 1. The van der Waals surface area contributed by atoms with Crippen LogP contribution in [0.3, 0.4) is 0 Å². The number of hydrogen-bond donors (Lipinski definition) is 0. The number of hydrogen-bond acceptors (Lipinski definition) is 3. The van der Waals surface area contributed by atoms with E-state index in [1.54, 1.807) is 0 Å². The number of rotatable bonds is 6. The van der Waals surface area contributed by atoms with Gasteiger partial charge >= 0.3 is 0 Å². The maximum absolute atomic E-state index is 12.5. The van der Waals surface area contributed by atoms with Gasteiger partial charge in [-0.2, -0.15) is 0 Å². The number of nitrogens with zero attached hydrogens (tertiary/aromatic N) is 2. The molecule has 0 bridgehead atoms. The fraction of sp³-hybridized carbons (Fsp3) is 0.667. The summed E-state index contributed by atoms with van der Waals surface area (Å²) in [5.41, 5.74) is 2.71. The zero-order chi connectivity index (χ0) is 17.5. The van der Waals surface area contributed by atoms with Crippen LogP contribution in [0.5, 0.6) is 0 Å². The molecule has 2 aliphatic rings. The Morgan fingerprint density at radius 2 is 1.84 bits per heavy atom. The Labute approximate surface area is 152 Å². The molecule has 0 spiro atoms. The predicted molar refractivity (Wildman–Crippen MR) is 101 cm³/mol. The van der Waals surface area contributed by atoms with Crippen LogP contribution in [0.15, 0.2) is 24.3 Å². The molecule has 2 saturated heterocycles. The largest absolute Gasteiger partial charge is 0.379 e. The maximum atomic E-state index is 12.5. The summed E-state index contributed by atoms with van der Waals surface area (Å²) in [5, 5.41) is 0. The quantitative estimate of drug-likeness (QED) is 0.795. The Kier molecular flexibility index (Phi) is 6.88.